The molecule has 1 heterocycles. The number of rotatable bonds is 6. The van der Waals surface area contributed by atoms with Crippen LogP contribution in [0.4, 0.5) is 4.39 Å². The van der Waals surface area contributed by atoms with E-state index in [1.165, 1.54) is 12.1 Å². The van der Waals surface area contributed by atoms with Crippen molar-refractivity contribution in [3.8, 4) is 11.5 Å². The molecule has 4 nitrogen and oxygen atoms in total. The van der Waals surface area contributed by atoms with Crippen LogP contribution in [0.25, 0.3) is 0 Å². The van der Waals surface area contributed by atoms with Gasteiger partial charge in [0.1, 0.15) is 17.3 Å². The highest BCUT2D eigenvalue weighted by atomic mass is 19.1. The molecule has 0 N–H and O–H groups in total. The van der Waals surface area contributed by atoms with Crippen LogP contribution < -0.4 is 9.47 Å². The van der Waals surface area contributed by atoms with Gasteiger partial charge < -0.3 is 14.2 Å². The monoisotopic (exact) mass is 345 g/mol. The molecule has 0 aromatic heterocycles. The number of halogens is 1. The molecule has 0 aliphatic carbocycles. The van der Waals surface area contributed by atoms with Crippen molar-refractivity contribution in [3.63, 3.8) is 0 Å². The predicted molar refractivity (Wildman–Crippen MR) is 94.8 cm³/mol. The van der Waals surface area contributed by atoms with Crippen molar-refractivity contribution in [3.05, 3.63) is 59.4 Å². The molecule has 0 amide bonds. The summed E-state index contributed by atoms with van der Waals surface area (Å²) in [5.74, 6) is 1.60. The van der Waals surface area contributed by atoms with E-state index in [4.69, 9.17) is 14.2 Å². The molecule has 1 saturated heterocycles. The third-order valence-corrected chi connectivity index (χ3v) is 4.83. The van der Waals surface area contributed by atoms with E-state index >= 15 is 0 Å². The van der Waals surface area contributed by atoms with Crippen molar-refractivity contribution in [1.82, 2.24) is 4.90 Å². The Morgan fingerprint density at radius 1 is 1.08 bits per heavy atom. The minimum atomic E-state index is -0.212. The van der Waals surface area contributed by atoms with Crippen LogP contribution in [-0.4, -0.2) is 45.4 Å². The molecule has 2 aromatic carbocycles. The fourth-order valence-corrected chi connectivity index (χ4v) is 3.37. The van der Waals surface area contributed by atoms with E-state index < -0.39 is 0 Å². The Labute approximate surface area is 148 Å². The molecule has 5 heteroatoms. The lowest BCUT2D eigenvalue weighted by molar-refractivity contribution is 0.155. The topological polar surface area (TPSA) is 30.9 Å². The summed E-state index contributed by atoms with van der Waals surface area (Å²) < 4.78 is 29.7. The number of methoxy groups -OCH3 is 2. The van der Waals surface area contributed by atoms with Gasteiger partial charge in [-0.1, -0.05) is 18.2 Å². The van der Waals surface area contributed by atoms with Gasteiger partial charge >= 0.3 is 0 Å². The summed E-state index contributed by atoms with van der Waals surface area (Å²) in [5.41, 5.74) is 2.20. The van der Waals surface area contributed by atoms with Gasteiger partial charge in [0.2, 0.25) is 0 Å². The van der Waals surface area contributed by atoms with Crippen molar-refractivity contribution < 1.29 is 18.6 Å². The van der Waals surface area contributed by atoms with Crippen molar-refractivity contribution >= 4 is 0 Å². The second-order valence-electron chi connectivity index (χ2n) is 6.36. The van der Waals surface area contributed by atoms with E-state index in [-0.39, 0.29) is 17.8 Å². The average Bonchev–Trinajstić information content (AvgIpc) is 3.12. The molecule has 0 radical (unpaired) electrons. The van der Waals surface area contributed by atoms with Crippen LogP contribution >= 0.6 is 0 Å². The van der Waals surface area contributed by atoms with Crippen LogP contribution in [0.3, 0.4) is 0 Å². The first-order chi connectivity index (χ1) is 12.1. The van der Waals surface area contributed by atoms with E-state index in [1.54, 1.807) is 14.2 Å². The van der Waals surface area contributed by atoms with E-state index in [0.717, 1.165) is 29.2 Å². The van der Waals surface area contributed by atoms with Crippen LogP contribution in [-0.2, 0) is 11.3 Å². The average molecular weight is 345 g/mol. The van der Waals surface area contributed by atoms with Gasteiger partial charge in [-0.15, -0.1) is 0 Å². The summed E-state index contributed by atoms with van der Waals surface area (Å²) in [7, 11) is 5.39. The fourth-order valence-electron chi connectivity index (χ4n) is 3.37. The zero-order valence-electron chi connectivity index (χ0n) is 14.9. The first-order valence-electron chi connectivity index (χ1n) is 8.36. The number of hydrogen-bond acceptors (Lipinski definition) is 4. The first kappa shape index (κ1) is 17.7. The standard InChI is InChI=1S/C20H24FNO3/c1-22(11-15-6-9-17(23-2)10-20(15)24-3)19-13-25-12-18(19)14-4-7-16(21)8-5-14/h4-10,18-19H,11-13H2,1-3H3/t18-,19+/m0/s1. The van der Waals surface area contributed by atoms with Gasteiger partial charge in [0.15, 0.2) is 0 Å². The Morgan fingerprint density at radius 3 is 2.52 bits per heavy atom. The maximum atomic E-state index is 13.2. The van der Waals surface area contributed by atoms with Crippen molar-refractivity contribution in [2.75, 3.05) is 34.5 Å². The predicted octanol–water partition coefficient (Wildman–Crippen LogP) is 3.46. The summed E-state index contributed by atoms with van der Waals surface area (Å²) in [6.07, 6.45) is 0. The smallest absolute Gasteiger partial charge is 0.127 e. The molecule has 0 saturated carbocycles. The quantitative estimate of drug-likeness (QED) is 0.802. The lowest BCUT2D eigenvalue weighted by Crippen LogP contribution is -2.36. The van der Waals surface area contributed by atoms with Crippen LogP contribution in [0.1, 0.15) is 17.0 Å². The van der Waals surface area contributed by atoms with Crippen molar-refractivity contribution in [1.29, 1.82) is 0 Å². The Morgan fingerprint density at radius 2 is 1.84 bits per heavy atom. The van der Waals surface area contributed by atoms with Crippen LogP contribution in [0, 0.1) is 5.82 Å². The Kier molecular flexibility index (Phi) is 5.56. The number of ether oxygens (including phenoxy) is 3. The number of nitrogens with zero attached hydrogens (tertiary/aromatic N) is 1. The molecule has 2 atom stereocenters. The molecule has 0 bridgehead atoms. The molecule has 3 rings (SSSR count). The molecule has 1 aliphatic heterocycles. The van der Waals surface area contributed by atoms with Gasteiger partial charge in [-0.2, -0.15) is 0 Å². The maximum Gasteiger partial charge on any atom is 0.127 e. The molecule has 0 unspecified atom stereocenters. The Bertz CT molecular complexity index is 705. The second kappa shape index (κ2) is 7.85. The van der Waals surface area contributed by atoms with Gasteiger partial charge in [-0.25, -0.2) is 4.39 Å². The second-order valence-corrected chi connectivity index (χ2v) is 6.36. The molecular weight excluding hydrogens is 321 g/mol. The highest BCUT2D eigenvalue weighted by Gasteiger charge is 2.32. The van der Waals surface area contributed by atoms with Crippen LogP contribution in [0.5, 0.6) is 11.5 Å². The summed E-state index contributed by atoms with van der Waals surface area (Å²) in [6.45, 7) is 2.05. The molecule has 25 heavy (non-hydrogen) atoms. The zero-order chi connectivity index (χ0) is 17.8. The maximum absolute atomic E-state index is 13.2. The number of benzene rings is 2. The SMILES string of the molecule is COc1ccc(CN(C)[C@@H]2COC[C@H]2c2ccc(F)cc2)c(OC)c1. The number of likely N-dealkylation sites (N-methyl/N-ethyl adjacent to an activating group) is 1. The Hall–Kier alpha value is -2.11. The molecule has 2 aromatic rings. The van der Waals surface area contributed by atoms with Gasteiger partial charge in [-0.05, 0) is 30.8 Å². The molecule has 1 fully saturated rings. The minimum absolute atomic E-state index is 0.212. The fraction of sp³-hybridized carbons (Fsp3) is 0.400. The number of hydrogen-bond donors (Lipinski definition) is 0. The van der Waals surface area contributed by atoms with Gasteiger partial charge in [-0.3, -0.25) is 4.90 Å². The summed E-state index contributed by atoms with van der Waals surface area (Å²) in [5, 5.41) is 0. The van der Waals surface area contributed by atoms with E-state index in [0.29, 0.717) is 13.2 Å². The third-order valence-electron chi connectivity index (χ3n) is 4.83. The van der Waals surface area contributed by atoms with Gasteiger partial charge in [0, 0.05) is 30.1 Å². The lowest BCUT2D eigenvalue weighted by Gasteiger charge is -2.29. The minimum Gasteiger partial charge on any atom is -0.497 e. The van der Waals surface area contributed by atoms with Gasteiger partial charge in [0.05, 0.1) is 27.4 Å². The third kappa shape index (κ3) is 3.94. The summed E-state index contributed by atoms with van der Waals surface area (Å²) >= 11 is 0. The van der Waals surface area contributed by atoms with Crippen molar-refractivity contribution in [2.24, 2.45) is 0 Å². The Balaban J connectivity index is 1.76. The normalized spacial score (nSPS) is 20.0. The van der Waals surface area contributed by atoms with Crippen molar-refractivity contribution in [2.45, 2.75) is 18.5 Å². The highest BCUT2D eigenvalue weighted by molar-refractivity contribution is 5.40. The van der Waals surface area contributed by atoms with Crippen LogP contribution in [0.2, 0.25) is 0 Å². The molecule has 134 valence electrons. The lowest BCUT2D eigenvalue weighted by atomic mass is 9.93. The molecule has 1 aliphatic rings. The van der Waals surface area contributed by atoms with E-state index in [1.807, 2.05) is 30.3 Å². The molecular formula is C20H24FNO3. The van der Waals surface area contributed by atoms with Gasteiger partial charge in [0.25, 0.3) is 0 Å². The summed E-state index contributed by atoms with van der Waals surface area (Å²) in [6, 6.07) is 12.8. The van der Waals surface area contributed by atoms with Crippen LogP contribution in [0.15, 0.2) is 42.5 Å². The largest absolute Gasteiger partial charge is 0.497 e. The zero-order valence-corrected chi connectivity index (χ0v) is 14.9. The highest BCUT2D eigenvalue weighted by Crippen LogP contribution is 2.32. The molecule has 0 spiro atoms. The van der Waals surface area contributed by atoms with E-state index in [9.17, 15) is 4.39 Å². The first-order valence-corrected chi connectivity index (χ1v) is 8.36. The van der Waals surface area contributed by atoms with E-state index in [2.05, 4.69) is 11.9 Å². The summed E-state index contributed by atoms with van der Waals surface area (Å²) in [4.78, 5) is 2.27.